The molecule has 6 heteroatoms. The highest BCUT2D eigenvalue weighted by Crippen LogP contribution is 2.17. The molecule has 0 amide bonds. The van der Waals surface area contributed by atoms with Gasteiger partial charge in [-0.2, -0.15) is 0 Å². The molecule has 1 heterocycles. The number of aromatic nitrogens is 1. The van der Waals surface area contributed by atoms with Crippen molar-refractivity contribution in [3.05, 3.63) is 48.2 Å². The maximum atomic E-state index is 11.6. The Hall–Kier alpha value is -2.08. The lowest BCUT2D eigenvalue weighted by molar-refractivity contribution is 0.602. The Morgan fingerprint density at radius 2 is 1.90 bits per heavy atom. The number of nitrogens with one attached hydrogen (secondary N) is 1. The summed E-state index contributed by atoms with van der Waals surface area (Å²) < 4.78 is 23.3. The van der Waals surface area contributed by atoms with Gasteiger partial charge in [-0.15, -0.1) is 0 Å². The fraction of sp³-hybridized carbons (Fsp3) is 0.214. The summed E-state index contributed by atoms with van der Waals surface area (Å²) in [5.41, 5.74) is 7.48. The van der Waals surface area contributed by atoms with Gasteiger partial charge in [0.05, 0.1) is 0 Å². The highest BCUT2D eigenvalue weighted by Gasteiger charge is 2.13. The van der Waals surface area contributed by atoms with Crippen molar-refractivity contribution in [3.63, 3.8) is 0 Å². The second-order valence-corrected chi connectivity index (χ2v) is 6.52. The van der Waals surface area contributed by atoms with Gasteiger partial charge in [0, 0.05) is 24.7 Å². The highest BCUT2D eigenvalue weighted by molar-refractivity contribution is 7.90. The molecule has 0 fully saturated rings. The molecule has 0 aliphatic rings. The van der Waals surface area contributed by atoms with Crippen LogP contribution in [0.5, 0.6) is 0 Å². The molecule has 0 saturated heterocycles. The van der Waals surface area contributed by atoms with Crippen LogP contribution < -0.4 is 11.1 Å². The number of nitrogen functional groups attached to an aromatic ring is 1. The molecule has 1 aromatic heterocycles. The van der Waals surface area contributed by atoms with Crippen molar-refractivity contribution in [2.24, 2.45) is 0 Å². The summed E-state index contributed by atoms with van der Waals surface area (Å²) in [4.78, 5) is 4.30. The lowest BCUT2D eigenvalue weighted by atomic mass is 10.1. The Morgan fingerprint density at radius 1 is 1.20 bits per heavy atom. The van der Waals surface area contributed by atoms with Gasteiger partial charge in [0.15, 0.2) is 9.84 Å². The minimum absolute atomic E-state index is 0.220. The molecule has 0 aliphatic carbocycles. The SMILES string of the molecule is CS(=O)(=O)c1cccnc1NCCc1ccc(N)cc1. The van der Waals surface area contributed by atoms with Crippen LogP contribution in [0.4, 0.5) is 11.5 Å². The number of nitrogens with zero attached hydrogens (tertiary/aromatic N) is 1. The normalized spacial score (nSPS) is 11.2. The number of anilines is 2. The minimum atomic E-state index is -3.28. The van der Waals surface area contributed by atoms with E-state index in [1.54, 1.807) is 18.3 Å². The number of sulfone groups is 1. The first-order valence-corrected chi connectivity index (χ1v) is 8.09. The van der Waals surface area contributed by atoms with Crippen LogP contribution in [0, 0.1) is 0 Å². The standard InChI is InChI=1S/C14H17N3O2S/c1-20(18,19)13-3-2-9-16-14(13)17-10-8-11-4-6-12(15)7-5-11/h2-7,9H,8,10,15H2,1H3,(H,16,17). The molecule has 106 valence electrons. The number of hydrogen-bond acceptors (Lipinski definition) is 5. The first kappa shape index (κ1) is 14.3. The number of benzene rings is 1. The average Bonchev–Trinajstić information content (AvgIpc) is 2.40. The first-order chi connectivity index (χ1) is 9.47. The number of nitrogens with two attached hydrogens (primary N) is 1. The van der Waals surface area contributed by atoms with E-state index in [9.17, 15) is 8.42 Å². The monoisotopic (exact) mass is 291 g/mol. The summed E-state index contributed by atoms with van der Waals surface area (Å²) >= 11 is 0. The Bertz CT molecular complexity index is 682. The lowest BCUT2D eigenvalue weighted by Gasteiger charge is -2.09. The minimum Gasteiger partial charge on any atom is -0.399 e. The predicted octanol–water partition coefficient (Wildman–Crippen LogP) is 1.72. The molecular weight excluding hydrogens is 274 g/mol. The van der Waals surface area contributed by atoms with Crippen molar-refractivity contribution in [1.82, 2.24) is 4.98 Å². The Labute approximate surface area is 118 Å². The van der Waals surface area contributed by atoms with Crippen molar-refractivity contribution < 1.29 is 8.42 Å². The van der Waals surface area contributed by atoms with E-state index in [0.29, 0.717) is 12.4 Å². The Kier molecular flexibility index (Phi) is 4.24. The van der Waals surface area contributed by atoms with Crippen LogP contribution >= 0.6 is 0 Å². The van der Waals surface area contributed by atoms with E-state index in [1.807, 2.05) is 24.3 Å². The van der Waals surface area contributed by atoms with E-state index in [2.05, 4.69) is 10.3 Å². The van der Waals surface area contributed by atoms with Gasteiger partial charge >= 0.3 is 0 Å². The maximum absolute atomic E-state index is 11.6. The van der Waals surface area contributed by atoms with E-state index in [-0.39, 0.29) is 4.90 Å². The predicted molar refractivity (Wildman–Crippen MR) is 80.4 cm³/mol. The van der Waals surface area contributed by atoms with Gasteiger partial charge < -0.3 is 11.1 Å². The molecule has 2 aromatic rings. The van der Waals surface area contributed by atoms with Gasteiger partial charge in [-0.25, -0.2) is 13.4 Å². The van der Waals surface area contributed by atoms with E-state index in [1.165, 1.54) is 6.26 Å². The largest absolute Gasteiger partial charge is 0.399 e. The van der Waals surface area contributed by atoms with Gasteiger partial charge in [0.2, 0.25) is 0 Å². The second kappa shape index (κ2) is 5.92. The van der Waals surface area contributed by atoms with Crippen molar-refractivity contribution in [1.29, 1.82) is 0 Å². The number of pyridine rings is 1. The molecule has 0 atom stereocenters. The van der Waals surface area contributed by atoms with Crippen LogP contribution in [0.1, 0.15) is 5.56 Å². The second-order valence-electron chi connectivity index (χ2n) is 4.54. The van der Waals surface area contributed by atoms with Gasteiger partial charge in [0.1, 0.15) is 10.7 Å². The van der Waals surface area contributed by atoms with Crippen LogP contribution in [-0.2, 0) is 16.3 Å². The van der Waals surface area contributed by atoms with E-state index in [0.717, 1.165) is 17.7 Å². The third-order valence-electron chi connectivity index (χ3n) is 2.86. The van der Waals surface area contributed by atoms with Gasteiger partial charge in [-0.1, -0.05) is 12.1 Å². The van der Waals surface area contributed by atoms with E-state index < -0.39 is 9.84 Å². The number of hydrogen-bond donors (Lipinski definition) is 2. The molecule has 0 spiro atoms. The van der Waals surface area contributed by atoms with Crippen LogP contribution in [0.15, 0.2) is 47.5 Å². The molecule has 0 aliphatic heterocycles. The molecule has 0 radical (unpaired) electrons. The van der Waals surface area contributed by atoms with Crippen molar-refractivity contribution in [2.75, 3.05) is 23.9 Å². The zero-order chi connectivity index (χ0) is 14.6. The molecule has 0 bridgehead atoms. The molecule has 0 saturated carbocycles. The molecule has 1 aromatic carbocycles. The van der Waals surface area contributed by atoms with Gasteiger partial charge in [-0.3, -0.25) is 0 Å². The van der Waals surface area contributed by atoms with Crippen molar-refractivity contribution >= 4 is 21.3 Å². The van der Waals surface area contributed by atoms with Crippen LogP contribution in [-0.4, -0.2) is 26.2 Å². The first-order valence-electron chi connectivity index (χ1n) is 6.20. The molecule has 0 unspecified atom stereocenters. The van der Waals surface area contributed by atoms with E-state index >= 15 is 0 Å². The smallest absolute Gasteiger partial charge is 0.179 e. The van der Waals surface area contributed by atoms with Gasteiger partial charge in [0.25, 0.3) is 0 Å². The molecule has 2 rings (SSSR count). The fourth-order valence-corrected chi connectivity index (χ4v) is 2.63. The zero-order valence-corrected chi connectivity index (χ0v) is 12.0. The highest BCUT2D eigenvalue weighted by atomic mass is 32.2. The quantitative estimate of drug-likeness (QED) is 0.819. The van der Waals surface area contributed by atoms with E-state index in [4.69, 9.17) is 5.73 Å². The molecule has 20 heavy (non-hydrogen) atoms. The average molecular weight is 291 g/mol. The topological polar surface area (TPSA) is 85.1 Å². The van der Waals surface area contributed by atoms with Crippen molar-refractivity contribution in [2.45, 2.75) is 11.3 Å². The summed E-state index contributed by atoms with van der Waals surface area (Å²) in [6.45, 7) is 0.601. The third-order valence-corrected chi connectivity index (χ3v) is 3.98. The fourth-order valence-electron chi connectivity index (χ4n) is 1.83. The Balaban J connectivity index is 2.03. The third kappa shape index (κ3) is 3.71. The van der Waals surface area contributed by atoms with Crippen LogP contribution in [0.3, 0.4) is 0 Å². The summed E-state index contributed by atoms with van der Waals surface area (Å²) in [7, 11) is -3.28. The van der Waals surface area contributed by atoms with Crippen LogP contribution in [0.25, 0.3) is 0 Å². The summed E-state index contributed by atoms with van der Waals surface area (Å²) in [6.07, 6.45) is 3.51. The summed E-state index contributed by atoms with van der Waals surface area (Å²) in [5.74, 6) is 0.394. The molecular formula is C14H17N3O2S. The summed E-state index contributed by atoms with van der Waals surface area (Å²) in [5, 5.41) is 3.06. The summed E-state index contributed by atoms with van der Waals surface area (Å²) in [6, 6.07) is 10.8. The zero-order valence-electron chi connectivity index (χ0n) is 11.2. The Morgan fingerprint density at radius 3 is 2.55 bits per heavy atom. The number of rotatable bonds is 5. The van der Waals surface area contributed by atoms with Crippen molar-refractivity contribution in [3.8, 4) is 0 Å². The molecule has 5 nitrogen and oxygen atoms in total. The molecule has 3 N–H and O–H groups in total. The van der Waals surface area contributed by atoms with Crippen LogP contribution in [0.2, 0.25) is 0 Å². The maximum Gasteiger partial charge on any atom is 0.179 e. The lowest BCUT2D eigenvalue weighted by Crippen LogP contribution is -2.10. The van der Waals surface area contributed by atoms with Gasteiger partial charge in [-0.05, 0) is 36.2 Å².